The molecule has 1 heterocycles. The van der Waals surface area contributed by atoms with Gasteiger partial charge in [-0.25, -0.2) is 8.42 Å². The van der Waals surface area contributed by atoms with Crippen LogP contribution in [0.2, 0.25) is 0 Å². The van der Waals surface area contributed by atoms with Gasteiger partial charge in [0.05, 0.1) is 10.5 Å². The Bertz CT molecular complexity index is 718. The molecular formula is C20H30N2O3S. The summed E-state index contributed by atoms with van der Waals surface area (Å²) >= 11 is 0. The topological polar surface area (TPSA) is 57.7 Å². The molecule has 26 heavy (non-hydrogen) atoms. The number of nitrogens with zero attached hydrogens (tertiary/aromatic N) is 2. The molecule has 1 aromatic rings. The lowest BCUT2D eigenvalue weighted by Crippen LogP contribution is -2.39. The lowest BCUT2D eigenvalue weighted by Gasteiger charge is -2.30. The van der Waals surface area contributed by atoms with E-state index in [-0.39, 0.29) is 16.8 Å². The van der Waals surface area contributed by atoms with Crippen LogP contribution in [-0.2, 0) is 10.0 Å². The molecule has 1 aliphatic carbocycles. The summed E-state index contributed by atoms with van der Waals surface area (Å²) in [4.78, 5) is 15.1. The zero-order chi connectivity index (χ0) is 18.6. The van der Waals surface area contributed by atoms with Crippen molar-refractivity contribution in [1.82, 2.24) is 9.21 Å². The second-order valence-corrected chi connectivity index (χ2v) is 9.43. The summed E-state index contributed by atoms with van der Waals surface area (Å²) in [5.41, 5.74) is 0.310. The van der Waals surface area contributed by atoms with Gasteiger partial charge in [0, 0.05) is 26.2 Å². The van der Waals surface area contributed by atoms with E-state index >= 15 is 0 Å². The molecule has 6 heteroatoms. The molecule has 0 atom stereocenters. The van der Waals surface area contributed by atoms with Crippen molar-refractivity contribution in [3.63, 3.8) is 0 Å². The molecule has 1 aliphatic heterocycles. The molecule has 144 valence electrons. The van der Waals surface area contributed by atoms with Crippen LogP contribution in [0.4, 0.5) is 0 Å². The first kappa shape index (κ1) is 19.4. The van der Waals surface area contributed by atoms with E-state index in [2.05, 4.69) is 0 Å². The predicted octanol–water partition coefficient (Wildman–Crippen LogP) is 3.66. The van der Waals surface area contributed by atoms with Crippen LogP contribution in [0.5, 0.6) is 0 Å². The van der Waals surface area contributed by atoms with Crippen molar-refractivity contribution in [3.05, 3.63) is 29.8 Å². The molecule has 3 rings (SSSR count). The summed E-state index contributed by atoms with van der Waals surface area (Å²) in [7, 11) is -1.80. The Morgan fingerprint density at radius 1 is 0.962 bits per heavy atom. The number of benzene rings is 1. The van der Waals surface area contributed by atoms with Gasteiger partial charge in [-0.05, 0) is 37.8 Å². The molecule has 2 fully saturated rings. The Balaban J connectivity index is 1.87. The lowest BCUT2D eigenvalue weighted by molar-refractivity contribution is 0.0713. The highest BCUT2D eigenvalue weighted by Gasteiger charge is 2.31. The van der Waals surface area contributed by atoms with Crippen LogP contribution >= 0.6 is 0 Å². The number of carbonyl (C=O) groups excluding carboxylic acids is 1. The Morgan fingerprint density at radius 3 is 2.19 bits per heavy atom. The van der Waals surface area contributed by atoms with Gasteiger partial charge in [0.25, 0.3) is 5.91 Å². The number of sulfonamides is 1. The quantitative estimate of drug-likeness (QED) is 0.752. The number of hydrogen-bond acceptors (Lipinski definition) is 3. The van der Waals surface area contributed by atoms with Gasteiger partial charge in [-0.3, -0.25) is 4.79 Å². The molecular weight excluding hydrogens is 348 g/mol. The van der Waals surface area contributed by atoms with Crippen LogP contribution in [0.3, 0.4) is 0 Å². The minimum atomic E-state index is -3.62. The van der Waals surface area contributed by atoms with Gasteiger partial charge in [0.1, 0.15) is 0 Å². The number of carbonyl (C=O) groups is 1. The summed E-state index contributed by atoms with van der Waals surface area (Å²) in [5, 5.41) is 0. The fourth-order valence-corrected chi connectivity index (χ4v) is 5.81. The standard InChI is InChI=1S/C20H30N2O3S/c1-21(17-11-5-2-3-6-12-17)20(23)18-13-7-8-14-19(18)26(24,25)22-15-9-4-10-16-22/h7-8,13-14,17H,2-6,9-12,15-16H2,1H3. The van der Waals surface area contributed by atoms with Crippen LogP contribution in [0, 0.1) is 0 Å². The van der Waals surface area contributed by atoms with Crippen LogP contribution in [0.25, 0.3) is 0 Å². The van der Waals surface area contributed by atoms with Crippen molar-refractivity contribution < 1.29 is 13.2 Å². The Labute approximate surface area is 157 Å². The zero-order valence-corrected chi connectivity index (χ0v) is 16.5. The first-order valence-corrected chi connectivity index (χ1v) is 11.3. The molecule has 0 N–H and O–H groups in total. The molecule has 2 aliphatic rings. The van der Waals surface area contributed by atoms with Crippen LogP contribution in [0.15, 0.2) is 29.2 Å². The molecule has 5 nitrogen and oxygen atoms in total. The van der Waals surface area contributed by atoms with Crippen molar-refractivity contribution in [1.29, 1.82) is 0 Å². The van der Waals surface area contributed by atoms with Gasteiger partial charge in [-0.15, -0.1) is 0 Å². The first-order chi connectivity index (χ1) is 12.5. The maximum atomic E-state index is 13.1. The monoisotopic (exact) mass is 378 g/mol. The highest BCUT2D eigenvalue weighted by Crippen LogP contribution is 2.27. The molecule has 1 aromatic carbocycles. The third-order valence-electron chi connectivity index (χ3n) is 5.74. The van der Waals surface area contributed by atoms with E-state index in [9.17, 15) is 13.2 Å². The molecule has 0 bridgehead atoms. The van der Waals surface area contributed by atoms with E-state index in [1.54, 1.807) is 29.2 Å². The van der Waals surface area contributed by atoms with E-state index < -0.39 is 10.0 Å². The maximum Gasteiger partial charge on any atom is 0.255 e. The van der Waals surface area contributed by atoms with Gasteiger partial charge in [0.2, 0.25) is 10.0 Å². The Hall–Kier alpha value is -1.40. The summed E-state index contributed by atoms with van der Waals surface area (Å²) in [6.07, 6.45) is 9.56. The van der Waals surface area contributed by atoms with Crippen molar-refractivity contribution in [2.24, 2.45) is 0 Å². The van der Waals surface area contributed by atoms with Gasteiger partial charge in [-0.2, -0.15) is 4.31 Å². The molecule has 0 spiro atoms. The molecule has 0 unspecified atom stereocenters. The van der Waals surface area contributed by atoms with Crippen LogP contribution in [-0.4, -0.2) is 49.7 Å². The fourth-order valence-electron chi connectivity index (χ4n) is 4.11. The fraction of sp³-hybridized carbons (Fsp3) is 0.650. The highest BCUT2D eigenvalue weighted by molar-refractivity contribution is 7.89. The third kappa shape index (κ3) is 4.12. The second-order valence-electron chi connectivity index (χ2n) is 7.52. The minimum absolute atomic E-state index is 0.160. The minimum Gasteiger partial charge on any atom is -0.339 e. The Kier molecular flexibility index (Phi) is 6.35. The molecule has 1 saturated carbocycles. The average Bonchev–Trinajstić information content (AvgIpc) is 2.97. The van der Waals surface area contributed by atoms with Gasteiger partial charge in [-0.1, -0.05) is 44.2 Å². The maximum absolute atomic E-state index is 13.1. The summed E-state index contributed by atoms with van der Waals surface area (Å²) in [5.74, 6) is -0.173. The van der Waals surface area contributed by atoms with E-state index in [1.807, 2.05) is 7.05 Å². The van der Waals surface area contributed by atoms with Crippen LogP contribution in [0.1, 0.15) is 68.1 Å². The number of hydrogen-bond donors (Lipinski definition) is 0. The summed E-state index contributed by atoms with van der Waals surface area (Å²) in [6, 6.07) is 6.91. The summed E-state index contributed by atoms with van der Waals surface area (Å²) in [6.45, 7) is 1.09. The smallest absolute Gasteiger partial charge is 0.255 e. The van der Waals surface area contributed by atoms with Crippen molar-refractivity contribution >= 4 is 15.9 Å². The van der Waals surface area contributed by atoms with Crippen LogP contribution < -0.4 is 0 Å². The second kappa shape index (κ2) is 8.53. The van der Waals surface area contributed by atoms with E-state index in [0.717, 1.165) is 44.9 Å². The highest BCUT2D eigenvalue weighted by atomic mass is 32.2. The number of piperidine rings is 1. The van der Waals surface area contributed by atoms with Crippen molar-refractivity contribution in [3.8, 4) is 0 Å². The van der Waals surface area contributed by atoms with E-state index in [1.165, 1.54) is 17.1 Å². The predicted molar refractivity (Wildman–Crippen MR) is 103 cm³/mol. The van der Waals surface area contributed by atoms with Gasteiger partial charge < -0.3 is 4.90 Å². The summed E-state index contributed by atoms with van der Waals surface area (Å²) < 4.78 is 27.8. The molecule has 1 saturated heterocycles. The first-order valence-electron chi connectivity index (χ1n) is 9.88. The SMILES string of the molecule is CN(C(=O)c1ccccc1S(=O)(=O)N1CCCCC1)C1CCCCCC1. The largest absolute Gasteiger partial charge is 0.339 e. The van der Waals surface area contributed by atoms with E-state index in [4.69, 9.17) is 0 Å². The average molecular weight is 379 g/mol. The normalized spacial score (nSPS) is 20.5. The zero-order valence-electron chi connectivity index (χ0n) is 15.7. The molecule has 1 amide bonds. The molecule has 0 radical (unpaired) electrons. The lowest BCUT2D eigenvalue weighted by atomic mass is 10.1. The molecule has 0 aromatic heterocycles. The number of rotatable bonds is 4. The van der Waals surface area contributed by atoms with Gasteiger partial charge >= 0.3 is 0 Å². The van der Waals surface area contributed by atoms with Crippen molar-refractivity contribution in [2.75, 3.05) is 20.1 Å². The van der Waals surface area contributed by atoms with E-state index in [0.29, 0.717) is 18.7 Å². The van der Waals surface area contributed by atoms with Gasteiger partial charge in [0.15, 0.2) is 0 Å². The van der Waals surface area contributed by atoms with Crippen molar-refractivity contribution in [2.45, 2.75) is 68.7 Å². The Morgan fingerprint density at radius 2 is 1.54 bits per heavy atom. The number of amides is 1. The third-order valence-corrected chi connectivity index (χ3v) is 7.70.